The average molecular weight is 262 g/mol. The number of hydrogen-bond donors (Lipinski definition) is 2. The number of hydrogen-bond acceptors (Lipinski definition) is 3. The summed E-state index contributed by atoms with van der Waals surface area (Å²) in [6.07, 6.45) is 8.67. The molecule has 3 rings (SSSR count). The number of imidazole rings is 1. The van der Waals surface area contributed by atoms with Gasteiger partial charge in [0.2, 0.25) is 0 Å². The second-order valence-electron chi connectivity index (χ2n) is 5.24. The molecule has 19 heavy (non-hydrogen) atoms. The number of fused-ring (bicyclic) bond motifs is 1. The molecule has 102 valence electrons. The van der Waals surface area contributed by atoms with E-state index < -0.39 is 5.97 Å². The molecule has 0 atom stereocenters. The van der Waals surface area contributed by atoms with Crippen LogP contribution in [0, 0.1) is 0 Å². The van der Waals surface area contributed by atoms with Gasteiger partial charge in [0.15, 0.2) is 0 Å². The predicted octanol–water partition coefficient (Wildman–Crippen LogP) is 2.12. The normalized spacial score (nSPS) is 17.1. The summed E-state index contributed by atoms with van der Waals surface area (Å²) < 4.78 is 1.81. The zero-order valence-corrected chi connectivity index (χ0v) is 10.8. The Bertz CT molecular complexity index is 549. The molecule has 0 aliphatic heterocycles. The maximum absolute atomic E-state index is 10.5. The topological polar surface area (TPSA) is 83.3 Å². The molecule has 2 N–H and O–H groups in total. The molecule has 0 saturated heterocycles. The maximum Gasteiger partial charge on any atom is 0.303 e. The van der Waals surface area contributed by atoms with Crippen molar-refractivity contribution in [1.82, 2.24) is 19.6 Å². The molecule has 1 aliphatic rings. The third kappa shape index (κ3) is 2.62. The molecule has 1 aliphatic carbocycles. The van der Waals surface area contributed by atoms with Gasteiger partial charge in [0.05, 0.1) is 18.3 Å². The largest absolute Gasteiger partial charge is 0.481 e. The number of aromatic amines is 1. The molecule has 2 aromatic rings. The number of nitrogens with zero attached hydrogens (tertiary/aromatic N) is 3. The molecule has 2 aromatic heterocycles. The third-order valence-electron chi connectivity index (χ3n) is 3.78. The lowest BCUT2D eigenvalue weighted by atomic mass is 9.89. The number of H-pyrrole nitrogens is 1. The van der Waals surface area contributed by atoms with E-state index in [9.17, 15) is 4.79 Å². The highest BCUT2D eigenvalue weighted by Crippen LogP contribution is 2.30. The van der Waals surface area contributed by atoms with Crippen LogP contribution in [0.2, 0.25) is 0 Å². The fourth-order valence-corrected chi connectivity index (χ4v) is 2.75. The van der Waals surface area contributed by atoms with Crippen LogP contribution in [0.4, 0.5) is 0 Å². The molecule has 0 aromatic carbocycles. The van der Waals surface area contributed by atoms with Gasteiger partial charge in [0.1, 0.15) is 5.82 Å². The number of aromatic nitrogens is 4. The first-order chi connectivity index (χ1) is 9.22. The van der Waals surface area contributed by atoms with Gasteiger partial charge in [-0.3, -0.25) is 9.89 Å². The van der Waals surface area contributed by atoms with Gasteiger partial charge < -0.3 is 5.11 Å². The van der Waals surface area contributed by atoms with E-state index in [-0.39, 0.29) is 6.42 Å². The first-order valence-electron chi connectivity index (χ1n) is 6.88. The first kappa shape index (κ1) is 12.2. The van der Waals surface area contributed by atoms with Crippen LogP contribution in [-0.2, 0) is 11.2 Å². The van der Waals surface area contributed by atoms with Crippen LogP contribution < -0.4 is 0 Å². The summed E-state index contributed by atoms with van der Waals surface area (Å²) in [5, 5.41) is 11.9. The molecular weight excluding hydrogens is 244 g/mol. The smallest absolute Gasteiger partial charge is 0.303 e. The second kappa shape index (κ2) is 5.03. The van der Waals surface area contributed by atoms with Gasteiger partial charge in [0.25, 0.3) is 5.78 Å². The first-order valence-corrected chi connectivity index (χ1v) is 6.88. The molecule has 6 heteroatoms. The van der Waals surface area contributed by atoms with Gasteiger partial charge >= 0.3 is 5.97 Å². The van der Waals surface area contributed by atoms with Crippen molar-refractivity contribution in [1.29, 1.82) is 0 Å². The second-order valence-corrected chi connectivity index (χ2v) is 5.24. The van der Waals surface area contributed by atoms with Crippen molar-refractivity contribution in [3.05, 3.63) is 17.7 Å². The lowest BCUT2D eigenvalue weighted by Gasteiger charge is -2.18. The summed E-state index contributed by atoms with van der Waals surface area (Å²) in [4.78, 5) is 19.4. The van der Waals surface area contributed by atoms with Gasteiger partial charge in [-0.2, -0.15) is 4.98 Å². The Kier molecular flexibility index (Phi) is 3.23. The van der Waals surface area contributed by atoms with E-state index in [1.165, 1.54) is 32.1 Å². The van der Waals surface area contributed by atoms with Crippen molar-refractivity contribution in [2.24, 2.45) is 0 Å². The van der Waals surface area contributed by atoms with Crippen LogP contribution in [0.15, 0.2) is 6.20 Å². The summed E-state index contributed by atoms with van der Waals surface area (Å²) in [5.41, 5.74) is 0.774. The minimum Gasteiger partial charge on any atom is -0.481 e. The Morgan fingerprint density at radius 3 is 2.84 bits per heavy atom. The van der Waals surface area contributed by atoms with E-state index in [0.29, 0.717) is 18.1 Å². The van der Waals surface area contributed by atoms with Gasteiger partial charge in [-0.25, -0.2) is 9.50 Å². The Hall–Kier alpha value is -1.85. The van der Waals surface area contributed by atoms with Crippen LogP contribution in [0.25, 0.3) is 5.78 Å². The van der Waals surface area contributed by atoms with Crippen LogP contribution in [0.1, 0.15) is 56.0 Å². The number of nitrogens with one attached hydrogen (secondary N) is 1. The van der Waals surface area contributed by atoms with Crippen LogP contribution >= 0.6 is 0 Å². The highest BCUT2D eigenvalue weighted by Gasteiger charge is 2.19. The van der Waals surface area contributed by atoms with Gasteiger partial charge in [-0.15, -0.1) is 0 Å². The number of aliphatic carboxylic acids is 1. The lowest BCUT2D eigenvalue weighted by molar-refractivity contribution is -0.136. The maximum atomic E-state index is 10.5. The molecule has 1 fully saturated rings. The van der Waals surface area contributed by atoms with Crippen molar-refractivity contribution in [2.45, 2.75) is 50.9 Å². The Morgan fingerprint density at radius 2 is 2.16 bits per heavy atom. The highest BCUT2D eigenvalue weighted by molar-refractivity contribution is 5.67. The van der Waals surface area contributed by atoms with E-state index in [1.54, 1.807) is 4.52 Å². The summed E-state index contributed by atoms with van der Waals surface area (Å²) in [6, 6.07) is 0. The van der Waals surface area contributed by atoms with Gasteiger partial charge in [0, 0.05) is 12.3 Å². The van der Waals surface area contributed by atoms with Crippen molar-refractivity contribution in [3.63, 3.8) is 0 Å². The Morgan fingerprint density at radius 1 is 1.37 bits per heavy atom. The molecule has 0 radical (unpaired) electrons. The summed E-state index contributed by atoms with van der Waals surface area (Å²) in [6.45, 7) is 0. The standard InChI is InChI=1S/C13H18N4O2/c18-11(19)7-6-10-8-17-13(14-10)15-12(16-17)9-4-2-1-3-5-9/h8-9H,1-7H2,(H,18,19)(H,14,15,16). The molecule has 0 unspecified atom stereocenters. The van der Waals surface area contributed by atoms with Crippen molar-refractivity contribution in [3.8, 4) is 0 Å². The molecule has 2 heterocycles. The Labute approximate surface area is 110 Å². The highest BCUT2D eigenvalue weighted by atomic mass is 16.4. The quantitative estimate of drug-likeness (QED) is 0.884. The molecule has 1 saturated carbocycles. The minimum atomic E-state index is -0.799. The van der Waals surface area contributed by atoms with E-state index in [4.69, 9.17) is 5.11 Å². The fourth-order valence-electron chi connectivity index (χ4n) is 2.75. The predicted molar refractivity (Wildman–Crippen MR) is 69.1 cm³/mol. The number of aryl methyl sites for hydroxylation is 1. The molecule has 0 amide bonds. The monoisotopic (exact) mass is 262 g/mol. The number of rotatable bonds is 4. The molecule has 0 spiro atoms. The van der Waals surface area contributed by atoms with Crippen LogP contribution in [0.3, 0.4) is 0 Å². The van der Waals surface area contributed by atoms with Gasteiger partial charge in [-0.05, 0) is 12.8 Å². The lowest BCUT2D eigenvalue weighted by Crippen LogP contribution is -2.06. The SMILES string of the molecule is O=C(O)CCc1cn2[nH]c(C3CCCCC3)nc2n1. The minimum absolute atomic E-state index is 0.107. The van der Waals surface area contributed by atoms with E-state index >= 15 is 0 Å². The third-order valence-corrected chi connectivity index (χ3v) is 3.78. The van der Waals surface area contributed by atoms with Crippen molar-refractivity contribution >= 4 is 11.7 Å². The zero-order valence-electron chi connectivity index (χ0n) is 10.8. The van der Waals surface area contributed by atoms with Crippen molar-refractivity contribution in [2.75, 3.05) is 0 Å². The molecule has 0 bridgehead atoms. The van der Waals surface area contributed by atoms with E-state index in [2.05, 4.69) is 15.1 Å². The Balaban J connectivity index is 1.75. The zero-order chi connectivity index (χ0) is 13.2. The van der Waals surface area contributed by atoms with E-state index in [1.807, 2.05) is 6.20 Å². The van der Waals surface area contributed by atoms with Gasteiger partial charge in [-0.1, -0.05) is 19.3 Å². The molecule has 6 nitrogen and oxygen atoms in total. The van der Waals surface area contributed by atoms with Crippen LogP contribution in [0.5, 0.6) is 0 Å². The summed E-state index contributed by atoms with van der Waals surface area (Å²) >= 11 is 0. The van der Waals surface area contributed by atoms with Crippen LogP contribution in [-0.4, -0.2) is 30.7 Å². The number of carboxylic acid groups (broad SMARTS) is 1. The fraction of sp³-hybridized carbons (Fsp3) is 0.615. The van der Waals surface area contributed by atoms with E-state index in [0.717, 1.165) is 11.5 Å². The number of carbonyl (C=O) groups is 1. The average Bonchev–Trinajstić information content (AvgIpc) is 2.95. The number of carboxylic acids is 1. The summed E-state index contributed by atoms with van der Waals surface area (Å²) in [5.74, 6) is 1.40. The van der Waals surface area contributed by atoms with Crippen molar-refractivity contribution < 1.29 is 9.90 Å². The summed E-state index contributed by atoms with van der Waals surface area (Å²) in [7, 11) is 0. The molecular formula is C13H18N4O2.